The average molecular weight is 464 g/mol. The van der Waals surface area contributed by atoms with Crippen molar-refractivity contribution in [1.82, 2.24) is 9.88 Å². The summed E-state index contributed by atoms with van der Waals surface area (Å²) in [5, 5.41) is 1.72. The molecule has 0 fully saturated rings. The summed E-state index contributed by atoms with van der Waals surface area (Å²) in [6, 6.07) is 11.6. The molecule has 5 heteroatoms. The van der Waals surface area contributed by atoms with E-state index < -0.39 is 0 Å². The van der Waals surface area contributed by atoms with E-state index in [1.807, 2.05) is 41.3 Å². The van der Waals surface area contributed by atoms with Crippen molar-refractivity contribution >= 4 is 39.0 Å². The van der Waals surface area contributed by atoms with Crippen LogP contribution in [0.25, 0.3) is 5.57 Å². The summed E-state index contributed by atoms with van der Waals surface area (Å²) in [7, 11) is 0. The van der Waals surface area contributed by atoms with E-state index in [-0.39, 0.29) is 11.9 Å². The van der Waals surface area contributed by atoms with E-state index in [1.165, 1.54) is 12.8 Å². The van der Waals surface area contributed by atoms with Crippen molar-refractivity contribution in [3.8, 4) is 0 Å². The van der Waals surface area contributed by atoms with E-state index in [2.05, 4.69) is 34.8 Å². The molecule has 2 rings (SSSR count). The Labute approximate surface area is 181 Å². The van der Waals surface area contributed by atoms with E-state index in [1.54, 1.807) is 18.5 Å². The van der Waals surface area contributed by atoms with Crippen molar-refractivity contribution in [3.05, 3.63) is 71.0 Å². The third-order valence-corrected chi connectivity index (χ3v) is 5.42. The average Bonchev–Trinajstić information content (AvgIpc) is 2.70. The van der Waals surface area contributed by atoms with Crippen LogP contribution in [0.1, 0.15) is 50.7 Å². The SMILES string of the molecule is CC(C)N(CCCCCCBr)C(=O)C=C(c1ccncc1)c1ccc(Cl)cc1. The van der Waals surface area contributed by atoms with Crippen LogP contribution in [-0.2, 0) is 4.79 Å². The minimum atomic E-state index is 0.0391. The zero-order chi connectivity index (χ0) is 20.4. The van der Waals surface area contributed by atoms with Crippen molar-refractivity contribution in [1.29, 1.82) is 0 Å². The van der Waals surface area contributed by atoms with E-state index in [0.717, 1.165) is 41.4 Å². The van der Waals surface area contributed by atoms with Gasteiger partial charge in [0.25, 0.3) is 0 Å². The zero-order valence-corrected chi connectivity index (χ0v) is 18.9. The molecule has 0 spiro atoms. The van der Waals surface area contributed by atoms with Gasteiger partial charge in [-0.2, -0.15) is 0 Å². The van der Waals surface area contributed by atoms with Gasteiger partial charge < -0.3 is 4.90 Å². The number of unbranched alkanes of at least 4 members (excludes halogenated alkanes) is 3. The predicted octanol–water partition coefficient (Wildman–Crippen LogP) is 6.36. The molecule has 1 heterocycles. The lowest BCUT2D eigenvalue weighted by molar-refractivity contribution is -0.127. The Morgan fingerprint density at radius 3 is 2.25 bits per heavy atom. The highest BCUT2D eigenvalue weighted by atomic mass is 79.9. The monoisotopic (exact) mass is 462 g/mol. The van der Waals surface area contributed by atoms with Gasteiger partial charge in [-0.3, -0.25) is 9.78 Å². The second-order valence-corrected chi connectivity index (χ2v) is 8.26. The highest BCUT2D eigenvalue weighted by molar-refractivity contribution is 9.09. The van der Waals surface area contributed by atoms with Crippen LogP contribution >= 0.6 is 27.5 Å². The summed E-state index contributed by atoms with van der Waals surface area (Å²) in [6.45, 7) is 4.91. The minimum Gasteiger partial charge on any atom is -0.337 e. The Balaban J connectivity index is 2.24. The number of benzene rings is 1. The van der Waals surface area contributed by atoms with Gasteiger partial charge in [0.1, 0.15) is 0 Å². The molecular formula is C23H28BrClN2O. The van der Waals surface area contributed by atoms with Gasteiger partial charge in [0.2, 0.25) is 5.91 Å². The Bertz CT molecular complexity index is 760. The maximum absolute atomic E-state index is 13.1. The Morgan fingerprint density at radius 1 is 1.04 bits per heavy atom. The molecule has 0 radical (unpaired) electrons. The predicted molar refractivity (Wildman–Crippen MR) is 122 cm³/mol. The van der Waals surface area contributed by atoms with Gasteiger partial charge in [0, 0.05) is 41.4 Å². The van der Waals surface area contributed by atoms with E-state index in [4.69, 9.17) is 11.6 Å². The molecule has 0 bridgehead atoms. The van der Waals surface area contributed by atoms with Crippen molar-refractivity contribution < 1.29 is 4.79 Å². The first-order valence-electron chi connectivity index (χ1n) is 9.77. The van der Waals surface area contributed by atoms with Gasteiger partial charge in [-0.1, -0.05) is 52.5 Å². The number of hydrogen-bond acceptors (Lipinski definition) is 2. The molecule has 2 aromatic rings. The summed E-state index contributed by atoms with van der Waals surface area (Å²) >= 11 is 9.51. The molecule has 150 valence electrons. The molecule has 0 unspecified atom stereocenters. The third kappa shape index (κ3) is 7.06. The van der Waals surface area contributed by atoms with Crippen LogP contribution in [0, 0.1) is 0 Å². The Morgan fingerprint density at radius 2 is 1.64 bits per heavy atom. The maximum Gasteiger partial charge on any atom is 0.247 e. The molecule has 0 saturated heterocycles. The number of alkyl halides is 1. The fraction of sp³-hybridized carbons (Fsp3) is 0.391. The van der Waals surface area contributed by atoms with E-state index in [9.17, 15) is 4.79 Å². The second-order valence-electron chi connectivity index (χ2n) is 7.03. The summed E-state index contributed by atoms with van der Waals surface area (Å²) in [4.78, 5) is 19.2. The number of carbonyl (C=O) groups is 1. The number of rotatable bonds is 10. The first-order chi connectivity index (χ1) is 13.5. The molecule has 0 saturated carbocycles. The smallest absolute Gasteiger partial charge is 0.247 e. The van der Waals surface area contributed by atoms with Crippen LogP contribution in [0.2, 0.25) is 5.02 Å². The molecule has 0 aliphatic rings. The quantitative estimate of drug-likeness (QED) is 0.233. The lowest BCUT2D eigenvalue weighted by atomic mass is 9.98. The molecule has 0 aliphatic carbocycles. The first kappa shape index (κ1) is 22.6. The Hall–Kier alpha value is -1.65. The standard InChI is InChI=1S/C23H28BrClN2O/c1-18(2)27(16-6-4-3-5-13-24)23(28)17-22(20-11-14-26-15-12-20)19-7-9-21(25)10-8-19/h7-12,14-15,17-18H,3-6,13,16H2,1-2H3. The molecular weight excluding hydrogens is 436 g/mol. The molecule has 1 aromatic carbocycles. The number of pyridine rings is 1. The molecule has 3 nitrogen and oxygen atoms in total. The molecule has 0 atom stereocenters. The van der Waals surface area contributed by atoms with Crippen LogP contribution in [0.5, 0.6) is 0 Å². The maximum atomic E-state index is 13.1. The van der Waals surface area contributed by atoms with Gasteiger partial charge in [-0.15, -0.1) is 0 Å². The van der Waals surface area contributed by atoms with Crippen LogP contribution < -0.4 is 0 Å². The zero-order valence-electron chi connectivity index (χ0n) is 16.6. The van der Waals surface area contributed by atoms with Crippen molar-refractivity contribution in [2.24, 2.45) is 0 Å². The molecule has 28 heavy (non-hydrogen) atoms. The summed E-state index contributed by atoms with van der Waals surface area (Å²) in [5.41, 5.74) is 2.81. The Kier molecular flexibility index (Phi) is 9.72. The largest absolute Gasteiger partial charge is 0.337 e. The van der Waals surface area contributed by atoms with E-state index >= 15 is 0 Å². The van der Waals surface area contributed by atoms with E-state index in [0.29, 0.717) is 5.02 Å². The third-order valence-electron chi connectivity index (χ3n) is 4.60. The molecule has 0 N–H and O–H groups in total. The number of aromatic nitrogens is 1. The number of hydrogen-bond donors (Lipinski definition) is 0. The van der Waals surface area contributed by atoms with Crippen LogP contribution in [0.15, 0.2) is 54.9 Å². The van der Waals surface area contributed by atoms with Gasteiger partial charge in [0.05, 0.1) is 0 Å². The first-order valence-corrected chi connectivity index (χ1v) is 11.3. The summed E-state index contributed by atoms with van der Waals surface area (Å²) in [5.74, 6) is 0.0391. The lowest BCUT2D eigenvalue weighted by Gasteiger charge is -2.26. The highest BCUT2D eigenvalue weighted by Crippen LogP contribution is 2.25. The van der Waals surface area contributed by atoms with Gasteiger partial charge in [0.15, 0.2) is 0 Å². The topological polar surface area (TPSA) is 33.2 Å². The highest BCUT2D eigenvalue weighted by Gasteiger charge is 2.16. The fourth-order valence-electron chi connectivity index (χ4n) is 3.05. The number of halogens is 2. The number of carbonyl (C=O) groups excluding carboxylic acids is 1. The summed E-state index contributed by atoms with van der Waals surface area (Å²) < 4.78 is 0. The van der Waals surface area contributed by atoms with Crippen LogP contribution in [0.4, 0.5) is 0 Å². The number of nitrogens with zero attached hydrogens (tertiary/aromatic N) is 2. The molecule has 0 aliphatic heterocycles. The number of amides is 1. The van der Waals surface area contributed by atoms with Gasteiger partial charge in [-0.05, 0) is 67.7 Å². The normalized spacial score (nSPS) is 11.7. The van der Waals surface area contributed by atoms with Crippen molar-refractivity contribution in [2.45, 2.75) is 45.6 Å². The van der Waals surface area contributed by atoms with Crippen molar-refractivity contribution in [2.75, 3.05) is 11.9 Å². The minimum absolute atomic E-state index is 0.0391. The van der Waals surface area contributed by atoms with Gasteiger partial charge >= 0.3 is 0 Å². The van der Waals surface area contributed by atoms with Gasteiger partial charge in [-0.25, -0.2) is 0 Å². The fourth-order valence-corrected chi connectivity index (χ4v) is 3.58. The van der Waals surface area contributed by atoms with Crippen LogP contribution in [0.3, 0.4) is 0 Å². The molecule has 1 amide bonds. The lowest BCUT2D eigenvalue weighted by Crippen LogP contribution is -2.36. The molecule has 1 aromatic heterocycles. The van der Waals surface area contributed by atoms with Crippen molar-refractivity contribution in [3.63, 3.8) is 0 Å². The summed E-state index contributed by atoms with van der Waals surface area (Å²) in [6.07, 6.45) is 9.77. The second kappa shape index (κ2) is 12.0. The van der Waals surface area contributed by atoms with Crippen LogP contribution in [-0.4, -0.2) is 33.7 Å².